The number of aromatic nitrogens is 2. The Morgan fingerprint density at radius 3 is 2.85 bits per heavy atom. The van der Waals surface area contributed by atoms with Crippen molar-refractivity contribution in [1.82, 2.24) is 20.4 Å². The van der Waals surface area contributed by atoms with Gasteiger partial charge < -0.3 is 14.6 Å². The van der Waals surface area contributed by atoms with E-state index in [9.17, 15) is 0 Å². The standard InChI is InChI=1S/C8H14N4O/c1-6-10-11-8(13-6)3-9-7-4-12(2)5-7/h7,9H,3-5H2,1-2H3. The van der Waals surface area contributed by atoms with E-state index < -0.39 is 0 Å². The second-order valence-electron chi connectivity index (χ2n) is 3.51. The van der Waals surface area contributed by atoms with Crippen LogP contribution in [0.3, 0.4) is 0 Å². The fourth-order valence-electron chi connectivity index (χ4n) is 1.47. The van der Waals surface area contributed by atoms with Crippen molar-refractivity contribution >= 4 is 0 Å². The van der Waals surface area contributed by atoms with Crippen molar-refractivity contribution in [2.75, 3.05) is 20.1 Å². The van der Waals surface area contributed by atoms with E-state index in [0.717, 1.165) is 13.1 Å². The van der Waals surface area contributed by atoms with Crippen LogP contribution < -0.4 is 5.32 Å². The van der Waals surface area contributed by atoms with E-state index in [2.05, 4.69) is 27.5 Å². The normalized spacial score (nSPS) is 18.9. The summed E-state index contributed by atoms with van der Waals surface area (Å²) in [4.78, 5) is 2.26. The minimum atomic E-state index is 0.581. The van der Waals surface area contributed by atoms with Gasteiger partial charge in [-0.1, -0.05) is 0 Å². The average molecular weight is 182 g/mol. The Balaban J connectivity index is 1.74. The third-order valence-corrected chi connectivity index (χ3v) is 2.17. The van der Waals surface area contributed by atoms with Crippen molar-refractivity contribution in [2.45, 2.75) is 19.5 Å². The predicted molar refractivity (Wildman–Crippen MR) is 47.2 cm³/mol. The maximum atomic E-state index is 5.23. The van der Waals surface area contributed by atoms with E-state index >= 15 is 0 Å². The zero-order chi connectivity index (χ0) is 9.26. The van der Waals surface area contributed by atoms with Crippen molar-refractivity contribution in [3.63, 3.8) is 0 Å². The molecule has 0 aliphatic carbocycles. The summed E-state index contributed by atoms with van der Waals surface area (Å²) in [6, 6.07) is 0.581. The molecule has 1 aromatic rings. The summed E-state index contributed by atoms with van der Waals surface area (Å²) in [5.74, 6) is 1.30. The van der Waals surface area contributed by atoms with Gasteiger partial charge in [-0.2, -0.15) is 0 Å². The zero-order valence-corrected chi connectivity index (χ0v) is 7.95. The SMILES string of the molecule is Cc1nnc(CNC2CN(C)C2)o1. The molecule has 0 radical (unpaired) electrons. The van der Waals surface area contributed by atoms with Crippen molar-refractivity contribution in [3.8, 4) is 0 Å². The van der Waals surface area contributed by atoms with Crippen molar-refractivity contribution < 1.29 is 4.42 Å². The van der Waals surface area contributed by atoms with E-state index in [-0.39, 0.29) is 0 Å². The summed E-state index contributed by atoms with van der Waals surface area (Å²) in [6.07, 6.45) is 0. The lowest BCUT2D eigenvalue weighted by molar-refractivity contribution is 0.158. The topological polar surface area (TPSA) is 54.2 Å². The molecular formula is C8H14N4O. The van der Waals surface area contributed by atoms with E-state index in [0.29, 0.717) is 24.4 Å². The van der Waals surface area contributed by atoms with Crippen LogP contribution in [0.15, 0.2) is 4.42 Å². The van der Waals surface area contributed by atoms with Crippen LogP contribution in [0.4, 0.5) is 0 Å². The molecule has 0 unspecified atom stereocenters. The molecule has 1 saturated heterocycles. The van der Waals surface area contributed by atoms with Gasteiger partial charge in [-0.3, -0.25) is 0 Å². The van der Waals surface area contributed by atoms with Crippen molar-refractivity contribution in [1.29, 1.82) is 0 Å². The van der Waals surface area contributed by atoms with E-state index in [1.165, 1.54) is 0 Å². The Kier molecular flexibility index (Phi) is 2.28. The molecule has 5 nitrogen and oxygen atoms in total. The molecule has 0 bridgehead atoms. The van der Waals surface area contributed by atoms with Crippen molar-refractivity contribution in [3.05, 3.63) is 11.8 Å². The molecule has 1 aliphatic heterocycles. The van der Waals surface area contributed by atoms with Gasteiger partial charge in [0.05, 0.1) is 6.54 Å². The average Bonchev–Trinajstić information content (AvgIpc) is 2.43. The second kappa shape index (κ2) is 3.43. The summed E-state index contributed by atoms with van der Waals surface area (Å²) >= 11 is 0. The Morgan fingerprint density at radius 1 is 1.54 bits per heavy atom. The van der Waals surface area contributed by atoms with Gasteiger partial charge in [0.2, 0.25) is 11.8 Å². The molecule has 2 rings (SSSR count). The van der Waals surface area contributed by atoms with Crippen LogP contribution in [0.25, 0.3) is 0 Å². The number of nitrogens with zero attached hydrogens (tertiary/aromatic N) is 3. The summed E-state index contributed by atoms with van der Waals surface area (Å²) in [5.41, 5.74) is 0. The maximum Gasteiger partial charge on any atom is 0.230 e. The minimum absolute atomic E-state index is 0.581. The molecule has 1 N–H and O–H groups in total. The molecule has 1 aromatic heterocycles. The van der Waals surface area contributed by atoms with Crippen LogP contribution in [-0.4, -0.2) is 41.3 Å². The Labute approximate surface area is 77.1 Å². The highest BCUT2D eigenvalue weighted by Gasteiger charge is 2.22. The molecule has 5 heteroatoms. The first-order valence-corrected chi connectivity index (χ1v) is 4.45. The molecule has 72 valence electrons. The van der Waals surface area contributed by atoms with E-state index in [1.807, 2.05) is 0 Å². The molecule has 0 amide bonds. The first kappa shape index (κ1) is 8.65. The third kappa shape index (κ3) is 2.05. The van der Waals surface area contributed by atoms with Gasteiger partial charge in [0.25, 0.3) is 0 Å². The number of nitrogens with one attached hydrogen (secondary N) is 1. The second-order valence-corrected chi connectivity index (χ2v) is 3.51. The Hall–Kier alpha value is -0.940. The van der Waals surface area contributed by atoms with Gasteiger partial charge in [-0.05, 0) is 7.05 Å². The fourth-order valence-corrected chi connectivity index (χ4v) is 1.47. The molecule has 2 heterocycles. The predicted octanol–water partition coefficient (Wildman–Crippen LogP) is -0.218. The highest BCUT2D eigenvalue weighted by molar-refractivity contribution is 4.86. The maximum absolute atomic E-state index is 5.23. The summed E-state index contributed by atoms with van der Waals surface area (Å²) < 4.78 is 5.23. The van der Waals surface area contributed by atoms with Crippen LogP contribution in [0.1, 0.15) is 11.8 Å². The van der Waals surface area contributed by atoms with Gasteiger partial charge in [0.1, 0.15) is 0 Å². The van der Waals surface area contributed by atoms with Crippen LogP contribution >= 0.6 is 0 Å². The van der Waals surface area contributed by atoms with Gasteiger partial charge in [-0.25, -0.2) is 0 Å². The Bertz CT molecular complexity index is 279. The number of hydrogen-bond acceptors (Lipinski definition) is 5. The summed E-state index contributed by atoms with van der Waals surface area (Å²) in [5, 5.41) is 11.0. The molecule has 13 heavy (non-hydrogen) atoms. The number of likely N-dealkylation sites (tertiary alicyclic amines) is 1. The first-order chi connectivity index (χ1) is 6.24. The van der Waals surface area contributed by atoms with Gasteiger partial charge in [0.15, 0.2) is 0 Å². The molecule has 0 spiro atoms. The summed E-state index contributed by atoms with van der Waals surface area (Å²) in [6.45, 7) is 4.69. The van der Waals surface area contributed by atoms with Crippen molar-refractivity contribution in [2.24, 2.45) is 0 Å². The van der Waals surface area contributed by atoms with Gasteiger partial charge in [0, 0.05) is 26.1 Å². The zero-order valence-electron chi connectivity index (χ0n) is 7.95. The highest BCUT2D eigenvalue weighted by Crippen LogP contribution is 2.05. The number of likely N-dealkylation sites (N-methyl/N-ethyl adjacent to an activating group) is 1. The van der Waals surface area contributed by atoms with Gasteiger partial charge in [-0.15, -0.1) is 10.2 Å². The summed E-state index contributed by atoms with van der Waals surface area (Å²) in [7, 11) is 2.11. The largest absolute Gasteiger partial charge is 0.424 e. The number of rotatable bonds is 3. The molecule has 0 atom stereocenters. The lowest BCUT2D eigenvalue weighted by Crippen LogP contribution is -2.55. The van der Waals surface area contributed by atoms with E-state index in [1.54, 1.807) is 6.92 Å². The van der Waals surface area contributed by atoms with Gasteiger partial charge >= 0.3 is 0 Å². The first-order valence-electron chi connectivity index (χ1n) is 4.45. The van der Waals surface area contributed by atoms with Crippen LogP contribution in [0.2, 0.25) is 0 Å². The Morgan fingerprint density at radius 2 is 2.31 bits per heavy atom. The van der Waals surface area contributed by atoms with Crippen LogP contribution in [0.5, 0.6) is 0 Å². The smallest absolute Gasteiger partial charge is 0.230 e. The fraction of sp³-hybridized carbons (Fsp3) is 0.750. The lowest BCUT2D eigenvalue weighted by Gasteiger charge is -2.36. The molecule has 0 aromatic carbocycles. The monoisotopic (exact) mass is 182 g/mol. The molecule has 1 fully saturated rings. The third-order valence-electron chi connectivity index (χ3n) is 2.17. The van der Waals surface area contributed by atoms with E-state index in [4.69, 9.17) is 4.42 Å². The van der Waals surface area contributed by atoms with Crippen LogP contribution in [-0.2, 0) is 6.54 Å². The highest BCUT2D eigenvalue weighted by atomic mass is 16.4. The number of aryl methyl sites for hydroxylation is 1. The quantitative estimate of drug-likeness (QED) is 0.700. The lowest BCUT2D eigenvalue weighted by atomic mass is 10.1. The molecule has 1 aliphatic rings. The van der Waals surface area contributed by atoms with Crippen LogP contribution in [0, 0.1) is 6.92 Å². The molecule has 0 saturated carbocycles. The molecular weight excluding hydrogens is 168 g/mol. The minimum Gasteiger partial charge on any atom is -0.424 e. The number of hydrogen-bond donors (Lipinski definition) is 1.